The number of nitrogens with two attached hydrogens (primary N) is 1. The second-order valence-corrected chi connectivity index (χ2v) is 8.23. The molecule has 4 rings (SSSR count). The van der Waals surface area contributed by atoms with Crippen LogP contribution in [0, 0.1) is 12.8 Å². The molecular formula is C24H30N2O2. The fourth-order valence-electron chi connectivity index (χ4n) is 5.08. The molecule has 0 aliphatic carbocycles. The van der Waals surface area contributed by atoms with Crippen molar-refractivity contribution in [2.75, 3.05) is 32.8 Å². The van der Waals surface area contributed by atoms with E-state index in [1.807, 2.05) is 18.2 Å². The SMILES string of the molecule is Cc1ccccc1C1(C(=O)N2C[C@@H](CN)[C@H](c3ccccc3)C2)CCOCC1. The van der Waals surface area contributed by atoms with Crippen molar-refractivity contribution >= 4 is 5.91 Å². The summed E-state index contributed by atoms with van der Waals surface area (Å²) in [6.45, 7) is 5.47. The standard InChI is InChI=1S/C24H30N2O2/c1-18-7-5-6-10-22(18)24(11-13-28-14-12-24)23(27)26-16-20(15-25)21(17-26)19-8-3-2-4-9-19/h2-10,20-21H,11-17,25H2,1H3/t20-,21+/m1/s1. The average Bonchev–Trinajstić information content (AvgIpc) is 3.19. The Morgan fingerprint density at radius 2 is 1.75 bits per heavy atom. The van der Waals surface area contributed by atoms with Crippen LogP contribution in [0.1, 0.15) is 35.4 Å². The van der Waals surface area contributed by atoms with Crippen LogP contribution in [-0.2, 0) is 14.9 Å². The molecule has 148 valence electrons. The highest BCUT2D eigenvalue weighted by atomic mass is 16.5. The summed E-state index contributed by atoms with van der Waals surface area (Å²) in [6, 6.07) is 18.8. The van der Waals surface area contributed by atoms with Crippen molar-refractivity contribution < 1.29 is 9.53 Å². The van der Waals surface area contributed by atoms with Gasteiger partial charge in [-0.05, 0) is 48.9 Å². The molecule has 0 aromatic heterocycles. The molecule has 0 bridgehead atoms. The Labute approximate surface area is 167 Å². The molecular weight excluding hydrogens is 348 g/mol. The first-order valence-electron chi connectivity index (χ1n) is 10.3. The number of hydrogen-bond acceptors (Lipinski definition) is 3. The number of hydrogen-bond donors (Lipinski definition) is 1. The van der Waals surface area contributed by atoms with Gasteiger partial charge in [0, 0.05) is 32.2 Å². The maximum Gasteiger partial charge on any atom is 0.233 e. The zero-order valence-corrected chi connectivity index (χ0v) is 16.6. The van der Waals surface area contributed by atoms with Crippen molar-refractivity contribution in [3.05, 3.63) is 71.3 Å². The highest BCUT2D eigenvalue weighted by Crippen LogP contribution is 2.41. The molecule has 0 radical (unpaired) electrons. The maximum absolute atomic E-state index is 13.9. The summed E-state index contributed by atoms with van der Waals surface area (Å²) in [7, 11) is 0. The summed E-state index contributed by atoms with van der Waals surface area (Å²) in [5.41, 5.74) is 9.27. The summed E-state index contributed by atoms with van der Waals surface area (Å²) in [5.74, 6) is 0.867. The number of carbonyl (C=O) groups excluding carboxylic acids is 1. The van der Waals surface area contributed by atoms with E-state index in [9.17, 15) is 4.79 Å². The topological polar surface area (TPSA) is 55.6 Å². The molecule has 4 heteroatoms. The number of ether oxygens (including phenoxy) is 1. The van der Waals surface area contributed by atoms with E-state index in [0.29, 0.717) is 31.6 Å². The molecule has 0 unspecified atom stereocenters. The largest absolute Gasteiger partial charge is 0.381 e. The lowest BCUT2D eigenvalue weighted by molar-refractivity contribution is -0.140. The van der Waals surface area contributed by atoms with Crippen molar-refractivity contribution in [1.82, 2.24) is 4.90 Å². The van der Waals surface area contributed by atoms with Gasteiger partial charge in [-0.15, -0.1) is 0 Å². The van der Waals surface area contributed by atoms with Crippen molar-refractivity contribution in [2.45, 2.75) is 31.1 Å². The maximum atomic E-state index is 13.9. The van der Waals surface area contributed by atoms with Gasteiger partial charge in [0.15, 0.2) is 0 Å². The number of amides is 1. The molecule has 2 N–H and O–H groups in total. The third-order valence-corrected chi connectivity index (χ3v) is 6.68. The van der Waals surface area contributed by atoms with Crippen LogP contribution in [-0.4, -0.2) is 43.7 Å². The number of nitrogens with zero attached hydrogens (tertiary/aromatic N) is 1. The summed E-state index contributed by atoms with van der Waals surface area (Å²) >= 11 is 0. The molecule has 0 spiro atoms. The van der Waals surface area contributed by atoms with E-state index in [-0.39, 0.29) is 5.91 Å². The van der Waals surface area contributed by atoms with Gasteiger partial charge in [0.05, 0.1) is 5.41 Å². The molecule has 2 atom stereocenters. The molecule has 0 saturated carbocycles. The van der Waals surface area contributed by atoms with E-state index in [1.54, 1.807) is 0 Å². The summed E-state index contributed by atoms with van der Waals surface area (Å²) in [5, 5.41) is 0. The van der Waals surface area contributed by atoms with E-state index in [0.717, 1.165) is 31.5 Å². The minimum absolute atomic E-state index is 0.252. The van der Waals surface area contributed by atoms with Crippen LogP contribution in [0.4, 0.5) is 0 Å². The van der Waals surface area contributed by atoms with Crippen molar-refractivity contribution in [3.8, 4) is 0 Å². The van der Waals surface area contributed by atoms with Gasteiger partial charge in [0.2, 0.25) is 5.91 Å². The second kappa shape index (κ2) is 8.06. The Morgan fingerprint density at radius 1 is 1.07 bits per heavy atom. The van der Waals surface area contributed by atoms with Gasteiger partial charge in [-0.1, -0.05) is 54.6 Å². The lowest BCUT2D eigenvalue weighted by Crippen LogP contribution is -2.49. The lowest BCUT2D eigenvalue weighted by Gasteiger charge is -2.40. The summed E-state index contributed by atoms with van der Waals surface area (Å²) in [4.78, 5) is 16.0. The van der Waals surface area contributed by atoms with E-state index in [2.05, 4.69) is 48.2 Å². The van der Waals surface area contributed by atoms with Gasteiger partial charge in [-0.2, -0.15) is 0 Å². The van der Waals surface area contributed by atoms with Crippen LogP contribution in [0.15, 0.2) is 54.6 Å². The highest BCUT2D eigenvalue weighted by Gasteiger charge is 2.47. The fourth-order valence-corrected chi connectivity index (χ4v) is 5.08. The van der Waals surface area contributed by atoms with Gasteiger partial charge < -0.3 is 15.4 Å². The van der Waals surface area contributed by atoms with Crippen LogP contribution in [0.2, 0.25) is 0 Å². The van der Waals surface area contributed by atoms with Crippen LogP contribution >= 0.6 is 0 Å². The minimum Gasteiger partial charge on any atom is -0.381 e. The summed E-state index contributed by atoms with van der Waals surface area (Å²) in [6.07, 6.45) is 1.49. The number of carbonyl (C=O) groups is 1. The quantitative estimate of drug-likeness (QED) is 0.889. The van der Waals surface area contributed by atoms with E-state index in [4.69, 9.17) is 10.5 Å². The van der Waals surface area contributed by atoms with Gasteiger partial charge >= 0.3 is 0 Å². The molecule has 4 nitrogen and oxygen atoms in total. The molecule has 28 heavy (non-hydrogen) atoms. The molecule has 2 saturated heterocycles. The Bertz CT molecular complexity index is 814. The van der Waals surface area contributed by atoms with E-state index < -0.39 is 5.41 Å². The first-order valence-corrected chi connectivity index (χ1v) is 10.3. The van der Waals surface area contributed by atoms with Gasteiger partial charge in [0.1, 0.15) is 0 Å². The molecule has 1 amide bonds. The monoisotopic (exact) mass is 378 g/mol. The predicted octanol–water partition coefficient (Wildman–Crippen LogP) is 3.24. The van der Waals surface area contributed by atoms with Crippen LogP contribution < -0.4 is 5.73 Å². The van der Waals surface area contributed by atoms with Gasteiger partial charge in [0.25, 0.3) is 0 Å². The first kappa shape index (κ1) is 19.2. The number of benzene rings is 2. The van der Waals surface area contributed by atoms with Crippen molar-refractivity contribution in [3.63, 3.8) is 0 Å². The highest BCUT2D eigenvalue weighted by molar-refractivity contribution is 5.89. The smallest absolute Gasteiger partial charge is 0.233 e. The fraction of sp³-hybridized carbons (Fsp3) is 0.458. The predicted molar refractivity (Wildman–Crippen MR) is 111 cm³/mol. The molecule has 2 aromatic carbocycles. The average molecular weight is 379 g/mol. The number of aryl methyl sites for hydroxylation is 1. The van der Waals surface area contributed by atoms with E-state index in [1.165, 1.54) is 11.1 Å². The zero-order chi connectivity index (χ0) is 19.6. The van der Waals surface area contributed by atoms with Gasteiger partial charge in [-0.3, -0.25) is 4.79 Å². The van der Waals surface area contributed by atoms with E-state index >= 15 is 0 Å². The number of rotatable bonds is 4. The molecule has 2 aromatic rings. The molecule has 2 aliphatic heterocycles. The lowest BCUT2D eigenvalue weighted by atomic mass is 9.71. The first-order chi connectivity index (χ1) is 13.7. The molecule has 2 fully saturated rings. The van der Waals surface area contributed by atoms with Crippen molar-refractivity contribution in [1.29, 1.82) is 0 Å². The normalized spacial score (nSPS) is 24.3. The second-order valence-electron chi connectivity index (χ2n) is 8.23. The van der Waals surface area contributed by atoms with Crippen LogP contribution in [0.3, 0.4) is 0 Å². The third-order valence-electron chi connectivity index (χ3n) is 6.68. The van der Waals surface area contributed by atoms with Crippen LogP contribution in [0.25, 0.3) is 0 Å². The molecule has 2 aliphatic rings. The number of likely N-dealkylation sites (tertiary alicyclic amines) is 1. The zero-order valence-electron chi connectivity index (χ0n) is 16.6. The van der Waals surface area contributed by atoms with Gasteiger partial charge in [-0.25, -0.2) is 0 Å². The van der Waals surface area contributed by atoms with Crippen LogP contribution in [0.5, 0.6) is 0 Å². The Balaban J connectivity index is 1.65. The Morgan fingerprint density at radius 3 is 2.43 bits per heavy atom. The molecule has 2 heterocycles. The van der Waals surface area contributed by atoms with Crippen molar-refractivity contribution in [2.24, 2.45) is 11.7 Å². The Hall–Kier alpha value is -2.17. The Kier molecular flexibility index (Phi) is 5.51. The third kappa shape index (κ3) is 3.36. The summed E-state index contributed by atoms with van der Waals surface area (Å²) < 4.78 is 5.64. The minimum atomic E-state index is -0.478.